The third-order valence-corrected chi connectivity index (χ3v) is 12.1. The average Bonchev–Trinajstić information content (AvgIpc) is 3.59. The lowest BCUT2D eigenvalue weighted by atomic mass is 9.43. The molecule has 0 bridgehead atoms. The monoisotopic (exact) mass is 352 g/mol. The first kappa shape index (κ1) is 15.9. The highest BCUT2D eigenvalue weighted by molar-refractivity contribution is 5.24. The largest absolute Gasteiger partial charge is 0.0588 e. The summed E-state index contributed by atoms with van der Waals surface area (Å²) >= 11 is 0. The van der Waals surface area contributed by atoms with E-state index in [4.69, 9.17) is 0 Å². The van der Waals surface area contributed by atoms with Crippen molar-refractivity contribution in [1.82, 2.24) is 0 Å². The van der Waals surface area contributed by atoms with Crippen molar-refractivity contribution in [3.63, 3.8) is 0 Å². The molecule has 0 aromatic rings. The summed E-state index contributed by atoms with van der Waals surface area (Å²) in [4.78, 5) is 0. The Bertz CT molecular complexity index is 595. The molecule has 7 saturated carbocycles. The van der Waals surface area contributed by atoms with Crippen molar-refractivity contribution in [3.8, 4) is 0 Å². The van der Waals surface area contributed by atoms with Crippen molar-refractivity contribution in [2.75, 3.05) is 0 Å². The second kappa shape index (κ2) is 5.13. The second-order valence-electron chi connectivity index (χ2n) is 12.5. The van der Waals surface area contributed by atoms with Gasteiger partial charge in [-0.1, -0.05) is 39.0 Å². The Balaban J connectivity index is 1.30. The number of rotatable bonds is 1. The number of hydrogen-bond donors (Lipinski definition) is 0. The van der Waals surface area contributed by atoms with Crippen LogP contribution in [-0.4, -0.2) is 0 Å². The Labute approximate surface area is 161 Å². The van der Waals surface area contributed by atoms with Crippen LogP contribution in [0, 0.1) is 64.1 Å². The van der Waals surface area contributed by atoms with Gasteiger partial charge in [-0.05, 0) is 122 Å². The molecule has 0 aromatic heterocycles. The molecule has 0 heterocycles. The molecule has 7 fully saturated rings. The minimum Gasteiger partial charge on any atom is -0.0588 e. The molecular weight excluding hydrogens is 312 g/mol. The van der Waals surface area contributed by atoms with Gasteiger partial charge in [0.15, 0.2) is 0 Å². The van der Waals surface area contributed by atoms with E-state index in [2.05, 4.69) is 6.92 Å². The fourth-order valence-electron chi connectivity index (χ4n) is 11.2. The zero-order valence-electron chi connectivity index (χ0n) is 17.1. The summed E-state index contributed by atoms with van der Waals surface area (Å²) in [6.45, 7) is 2.85. The first-order chi connectivity index (χ1) is 12.7. The third-order valence-electron chi connectivity index (χ3n) is 12.1. The molecule has 7 rings (SSSR count). The van der Waals surface area contributed by atoms with Crippen LogP contribution in [0.1, 0.15) is 96.8 Å². The zero-order chi connectivity index (χ0) is 17.1. The van der Waals surface area contributed by atoms with Gasteiger partial charge < -0.3 is 0 Å². The van der Waals surface area contributed by atoms with Crippen LogP contribution in [0.25, 0.3) is 0 Å². The molecule has 9 atom stereocenters. The average molecular weight is 353 g/mol. The normalized spacial score (nSPS) is 59.4. The van der Waals surface area contributed by atoms with Gasteiger partial charge in [0.2, 0.25) is 0 Å². The van der Waals surface area contributed by atoms with Crippen LogP contribution in [0.3, 0.4) is 0 Å². The molecule has 26 heavy (non-hydrogen) atoms. The van der Waals surface area contributed by atoms with Crippen molar-refractivity contribution in [2.45, 2.75) is 96.8 Å². The molecule has 1 spiro atoms. The molecule has 0 radical (unpaired) electrons. The molecule has 0 N–H and O–H groups in total. The molecule has 0 saturated heterocycles. The number of hydrogen-bond acceptors (Lipinski definition) is 0. The summed E-state index contributed by atoms with van der Waals surface area (Å²) in [6, 6.07) is 0. The van der Waals surface area contributed by atoms with Crippen LogP contribution in [-0.2, 0) is 0 Å². The van der Waals surface area contributed by atoms with Crippen molar-refractivity contribution >= 4 is 0 Å². The maximum absolute atomic E-state index is 2.85. The molecule has 7 aliphatic carbocycles. The lowest BCUT2D eigenvalue weighted by Gasteiger charge is -2.61. The Morgan fingerprint density at radius 3 is 2.23 bits per heavy atom. The van der Waals surface area contributed by atoms with E-state index < -0.39 is 0 Å². The summed E-state index contributed by atoms with van der Waals surface area (Å²) in [5, 5.41) is 0. The van der Waals surface area contributed by atoms with E-state index in [-0.39, 0.29) is 0 Å². The summed E-state index contributed by atoms with van der Waals surface area (Å²) < 4.78 is 0. The summed E-state index contributed by atoms with van der Waals surface area (Å²) in [7, 11) is 0. The van der Waals surface area contributed by atoms with Crippen LogP contribution in [0.2, 0.25) is 0 Å². The van der Waals surface area contributed by atoms with E-state index >= 15 is 0 Å². The quantitative estimate of drug-likeness (QED) is 0.473. The van der Waals surface area contributed by atoms with Crippen LogP contribution in [0.4, 0.5) is 0 Å². The Morgan fingerprint density at radius 1 is 0.615 bits per heavy atom. The first-order valence-corrected chi connectivity index (χ1v) is 12.7. The topological polar surface area (TPSA) is 0 Å². The lowest BCUT2D eigenvalue weighted by molar-refractivity contribution is -0.131. The SMILES string of the molecule is C[C@]12CCC3C4CCCCC4CC(C4CC4)C3C1C1CC1C21CCCC1. The van der Waals surface area contributed by atoms with Crippen LogP contribution < -0.4 is 0 Å². The highest BCUT2D eigenvalue weighted by Gasteiger charge is 2.76. The van der Waals surface area contributed by atoms with Gasteiger partial charge >= 0.3 is 0 Å². The van der Waals surface area contributed by atoms with Gasteiger partial charge in [-0.3, -0.25) is 0 Å². The van der Waals surface area contributed by atoms with Crippen molar-refractivity contribution in [1.29, 1.82) is 0 Å². The lowest BCUT2D eigenvalue weighted by Crippen LogP contribution is -2.55. The molecule has 8 unspecified atom stereocenters. The Morgan fingerprint density at radius 2 is 1.42 bits per heavy atom. The van der Waals surface area contributed by atoms with Crippen LogP contribution in [0.15, 0.2) is 0 Å². The molecule has 0 nitrogen and oxygen atoms in total. The highest BCUT2D eigenvalue weighted by Crippen LogP contribution is 2.83. The van der Waals surface area contributed by atoms with Crippen LogP contribution in [0.5, 0.6) is 0 Å². The van der Waals surface area contributed by atoms with E-state index in [9.17, 15) is 0 Å². The minimum atomic E-state index is 0.757. The summed E-state index contributed by atoms with van der Waals surface area (Å²) in [5.74, 6) is 10.5. The van der Waals surface area contributed by atoms with E-state index in [0.717, 1.165) is 34.5 Å². The third kappa shape index (κ3) is 1.80. The maximum atomic E-state index is 2.85. The van der Waals surface area contributed by atoms with Gasteiger partial charge in [0, 0.05) is 0 Å². The van der Waals surface area contributed by atoms with Gasteiger partial charge in [0.25, 0.3) is 0 Å². The Kier molecular flexibility index (Phi) is 3.13. The maximum Gasteiger partial charge on any atom is -0.0210 e. The van der Waals surface area contributed by atoms with Crippen molar-refractivity contribution in [2.24, 2.45) is 64.1 Å². The standard InChI is InChI=1S/C26H40/c1-25-13-10-19-18-7-3-2-6-17(18)14-20(16-8-9-16)23(19)24(25)21-15-22(21)26(25)11-4-5-12-26/h16-24H,2-15H2,1H3/t17?,18?,19?,20?,21?,22?,23?,24?,25-/m0/s1. The molecule has 0 heteroatoms. The van der Waals surface area contributed by atoms with Gasteiger partial charge in [0.1, 0.15) is 0 Å². The predicted octanol–water partition coefficient (Wildman–Crippen LogP) is 7.08. The van der Waals surface area contributed by atoms with E-state index in [1.165, 1.54) is 29.6 Å². The zero-order valence-corrected chi connectivity index (χ0v) is 17.1. The van der Waals surface area contributed by atoms with E-state index in [0.29, 0.717) is 0 Å². The minimum absolute atomic E-state index is 0.757. The summed E-state index contributed by atoms with van der Waals surface area (Å²) in [6.07, 6.45) is 22.5. The van der Waals surface area contributed by atoms with Gasteiger partial charge in [-0.2, -0.15) is 0 Å². The van der Waals surface area contributed by atoms with Gasteiger partial charge in [-0.25, -0.2) is 0 Å². The van der Waals surface area contributed by atoms with Gasteiger partial charge in [-0.15, -0.1) is 0 Å². The first-order valence-electron chi connectivity index (χ1n) is 12.7. The van der Waals surface area contributed by atoms with E-state index in [1.807, 2.05) is 0 Å². The summed E-state index contributed by atoms with van der Waals surface area (Å²) in [5.41, 5.74) is 1.58. The predicted molar refractivity (Wildman–Crippen MR) is 107 cm³/mol. The van der Waals surface area contributed by atoms with Gasteiger partial charge in [0.05, 0.1) is 0 Å². The van der Waals surface area contributed by atoms with Crippen molar-refractivity contribution < 1.29 is 0 Å². The molecule has 0 aromatic carbocycles. The van der Waals surface area contributed by atoms with E-state index in [1.54, 1.807) is 89.9 Å². The Hall–Kier alpha value is 0. The fourth-order valence-corrected chi connectivity index (χ4v) is 11.2. The highest BCUT2D eigenvalue weighted by atomic mass is 14.8. The molecule has 144 valence electrons. The molecule has 7 aliphatic rings. The molecule has 0 aliphatic heterocycles. The molecule has 0 amide bonds. The van der Waals surface area contributed by atoms with Crippen molar-refractivity contribution in [3.05, 3.63) is 0 Å². The van der Waals surface area contributed by atoms with Crippen LogP contribution >= 0.6 is 0 Å². The number of fused-ring (bicyclic) bond motifs is 9. The fraction of sp³-hybridized carbons (Fsp3) is 1.00. The smallest absolute Gasteiger partial charge is 0.0210 e. The molecular formula is C26H40. The second-order valence-corrected chi connectivity index (χ2v) is 12.5.